The summed E-state index contributed by atoms with van der Waals surface area (Å²) >= 11 is 3.15. The van der Waals surface area contributed by atoms with E-state index in [1.165, 1.54) is 6.07 Å². The fourth-order valence-corrected chi connectivity index (χ4v) is 2.10. The highest BCUT2D eigenvalue weighted by atomic mass is 79.9. The van der Waals surface area contributed by atoms with Crippen molar-refractivity contribution >= 4 is 21.6 Å². The second-order valence-corrected chi connectivity index (χ2v) is 5.29. The van der Waals surface area contributed by atoms with Gasteiger partial charge in [-0.1, -0.05) is 13.3 Å². The number of halogens is 4. The zero-order valence-corrected chi connectivity index (χ0v) is 13.0. The van der Waals surface area contributed by atoms with Gasteiger partial charge in [0.25, 0.3) is 0 Å². The lowest BCUT2D eigenvalue weighted by molar-refractivity contribution is -0.137. The Labute approximate surface area is 125 Å². The van der Waals surface area contributed by atoms with Crippen LogP contribution in [0.3, 0.4) is 0 Å². The summed E-state index contributed by atoms with van der Waals surface area (Å²) in [6.07, 6.45) is -1.33. The molecule has 1 aromatic rings. The first-order valence-electron chi connectivity index (χ1n) is 6.63. The molecule has 114 valence electrons. The van der Waals surface area contributed by atoms with E-state index in [9.17, 15) is 13.2 Å². The molecule has 0 aromatic heterocycles. The molecule has 20 heavy (non-hydrogen) atoms. The maximum Gasteiger partial charge on any atom is 0.416 e. The Hall–Kier alpha value is -0.750. The molecule has 0 amide bonds. The van der Waals surface area contributed by atoms with E-state index in [1.54, 1.807) is 0 Å². The molecule has 0 aliphatic carbocycles. The quantitative estimate of drug-likeness (QED) is 0.657. The van der Waals surface area contributed by atoms with Crippen LogP contribution in [-0.4, -0.2) is 19.8 Å². The number of hydrogen-bond donors (Lipinski definition) is 1. The van der Waals surface area contributed by atoms with Crippen LogP contribution in [0.5, 0.6) is 0 Å². The molecule has 0 saturated carbocycles. The highest BCUT2D eigenvalue weighted by Gasteiger charge is 2.30. The second kappa shape index (κ2) is 8.52. The van der Waals surface area contributed by atoms with Crippen molar-refractivity contribution in [3.63, 3.8) is 0 Å². The van der Waals surface area contributed by atoms with Crippen molar-refractivity contribution in [2.45, 2.75) is 32.4 Å². The molecule has 0 unspecified atom stereocenters. The van der Waals surface area contributed by atoms with Crippen LogP contribution in [0, 0.1) is 0 Å². The Bertz CT molecular complexity index is 410. The molecular weight excluding hydrogens is 335 g/mol. The lowest BCUT2D eigenvalue weighted by atomic mass is 10.2. The van der Waals surface area contributed by atoms with E-state index in [-0.39, 0.29) is 0 Å². The van der Waals surface area contributed by atoms with Gasteiger partial charge < -0.3 is 10.1 Å². The van der Waals surface area contributed by atoms with Gasteiger partial charge in [0.05, 0.1) is 5.56 Å². The Morgan fingerprint density at radius 3 is 2.50 bits per heavy atom. The van der Waals surface area contributed by atoms with E-state index in [0.29, 0.717) is 23.3 Å². The Kier molecular flexibility index (Phi) is 7.37. The number of ether oxygens (including phenoxy) is 1. The largest absolute Gasteiger partial charge is 0.416 e. The summed E-state index contributed by atoms with van der Waals surface area (Å²) < 4.78 is 43.3. The number of benzene rings is 1. The zero-order valence-electron chi connectivity index (χ0n) is 11.4. The van der Waals surface area contributed by atoms with Gasteiger partial charge in [0.2, 0.25) is 0 Å². The van der Waals surface area contributed by atoms with Gasteiger partial charge in [0.1, 0.15) is 0 Å². The van der Waals surface area contributed by atoms with Crippen molar-refractivity contribution in [1.82, 2.24) is 0 Å². The molecule has 6 heteroatoms. The maximum absolute atomic E-state index is 12.5. The fourth-order valence-electron chi connectivity index (χ4n) is 1.58. The predicted octanol–water partition coefficient (Wildman–Crippen LogP) is 5.09. The molecule has 0 radical (unpaired) electrons. The minimum Gasteiger partial charge on any atom is -0.384 e. The standard InChI is InChI=1S/C14H19BrF3NO/c1-2-3-8-20-9-4-7-19-13-6-5-11(10-12(13)15)14(16,17)18/h5-6,10,19H,2-4,7-9H2,1H3. The van der Waals surface area contributed by atoms with E-state index in [2.05, 4.69) is 28.2 Å². The van der Waals surface area contributed by atoms with Crippen LogP contribution in [0.25, 0.3) is 0 Å². The highest BCUT2D eigenvalue weighted by molar-refractivity contribution is 9.10. The fraction of sp³-hybridized carbons (Fsp3) is 0.571. The summed E-state index contributed by atoms with van der Waals surface area (Å²) in [7, 11) is 0. The monoisotopic (exact) mass is 353 g/mol. The van der Waals surface area contributed by atoms with Gasteiger partial charge in [-0.05, 0) is 47.0 Å². The Morgan fingerprint density at radius 2 is 1.90 bits per heavy atom. The molecule has 2 nitrogen and oxygen atoms in total. The van der Waals surface area contributed by atoms with Crippen molar-refractivity contribution in [3.05, 3.63) is 28.2 Å². The molecule has 1 N–H and O–H groups in total. The zero-order chi connectivity index (χ0) is 15.0. The molecule has 0 aliphatic rings. The van der Waals surface area contributed by atoms with Gasteiger partial charge in [-0.2, -0.15) is 13.2 Å². The number of alkyl halides is 3. The van der Waals surface area contributed by atoms with Crippen LogP contribution in [0.4, 0.5) is 18.9 Å². The summed E-state index contributed by atoms with van der Waals surface area (Å²) in [5, 5.41) is 3.09. The Morgan fingerprint density at radius 1 is 1.20 bits per heavy atom. The number of hydrogen-bond acceptors (Lipinski definition) is 2. The summed E-state index contributed by atoms with van der Waals surface area (Å²) in [6.45, 7) is 4.19. The van der Waals surface area contributed by atoms with Gasteiger partial charge in [0.15, 0.2) is 0 Å². The third-order valence-electron chi connectivity index (χ3n) is 2.72. The van der Waals surface area contributed by atoms with E-state index >= 15 is 0 Å². The molecule has 0 fully saturated rings. The van der Waals surface area contributed by atoms with E-state index in [0.717, 1.165) is 38.0 Å². The molecule has 0 spiro atoms. The average Bonchev–Trinajstić information content (AvgIpc) is 2.38. The summed E-state index contributed by atoms with van der Waals surface area (Å²) in [4.78, 5) is 0. The Balaban J connectivity index is 2.34. The van der Waals surface area contributed by atoms with Crippen molar-refractivity contribution in [2.75, 3.05) is 25.1 Å². The normalized spacial score (nSPS) is 11.7. The van der Waals surface area contributed by atoms with E-state index in [1.807, 2.05) is 0 Å². The van der Waals surface area contributed by atoms with Crippen LogP contribution in [0.1, 0.15) is 31.7 Å². The first kappa shape index (κ1) is 17.3. The number of rotatable bonds is 8. The van der Waals surface area contributed by atoms with E-state index in [4.69, 9.17) is 4.74 Å². The minimum atomic E-state index is -4.31. The van der Waals surface area contributed by atoms with Gasteiger partial charge >= 0.3 is 6.18 Å². The van der Waals surface area contributed by atoms with Crippen molar-refractivity contribution < 1.29 is 17.9 Å². The topological polar surface area (TPSA) is 21.3 Å². The smallest absolute Gasteiger partial charge is 0.384 e. The van der Waals surface area contributed by atoms with Gasteiger partial charge in [-0.15, -0.1) is 0 Å². The lowest BCUT2D eigenvalue weighted by Crippen LogP contribution is -2.08. The molecule has 0 heterocycles. The van der Waals surface area contributed by atoms with Crippen LogP contribution in [-0.2, 0) is 10.9 Å². The van der Waals surface area contributed by atoms with Gasteiger partial charge in [-0.25, -0.2) is 0 Å². The SMILES string of the molecule is CCCCOCCCNc1ccc(C(F)(F)F)cc1Br. The first-order valence-corrected chi connectivity index (χ1v) is 7.42. The van der Waals surface area contributed by atoms with Crippen LogP contribution >= 0.6 is 15.9 Å². The van der Waals surface area contributed by atoms with Crippen molar-refractivity contribution in [2.24, 2.45) is 0 Å². The number of unbranched alkanes of at least 4 members (excludes halogenated alkanes) is 1. The molecule has 0 saturated heterocycles. The number of nitrogens with one attached hydrogen (secondary N) is 1. The van der Waals surface area contributed by atoms with Crippen LogP contribution < -0.4 is 5.32 Å². The van der Waals surface area contributed by atoms with Crippen LogP contribution in [0.15, 0.2) is 22.7 Å². The van der Waals surface area contributed by atoms with Crippen molar-refractivity contribution in [3.8, 4) is 0 Å². The van der Waals surface area contributed by atoms with Gasteiger partial charge in [0, 0.05) is 29.9 Å². The summed E-state index contributed by atoms with van der Waals surface area (Å²) in [5.74, 6) is 0. The maximum atomic E-state index is 12.5. The second-order valence-electron chi connectivity index (χ2n) is 4.44. The molecule has 1 aromatic carbocycles. The highest BCUT2D eigenvalue weighted by Crippen LogP contribution is 2.33. The number of anilines is 1. The average molecular weight is 354 g/mol. The summed E-state index contributed by atoms with van der Waals surface area (Å²) in [5.41, 5.74) is 0.00406. The first-order chi connectivity index (χ1) is 9.45. The third-order valence-corrected chi connectivity index (χ3v) is 3.38. The molecule has 0 aliphatic heterocycles. The van der Waals surface area contributed by atoms with E-state index < -0.39 is 11.7 Å². The lowest BCUT2D eigenvalue weighted by Gasteiger charge is -2.12. The van der Waals surface area contributed by atoms with Gasteiger partial charge in [-0.3, -0.25) is 0 Å². The third kappa shape index (κ3) is 6.13. The molecule has 1 rings (SSSR count). The predicted molar refractivity (Wildman–Crippen MR) is 78.0 cm³/mol. The molecule has 0 atom stereocenters. The summed E-state index contributed by atoms with van der Waals surface area (Å²) in [6, 6.07) is 3.59. The molecular formula is C14H19BrF3NO. The van der Waals surface area contributed by atoms with Crippen LogP contribution in [0.2, 0.25) is 0 Å². The minimum absolute atomic E-state index is 0.416. The molecule has 0 bridgehead atoms. The van der Waals surface area contributed by atoms with Crippen molar-refractivity contribution in [1.29, 1.82) is 0 Å².